The van der Waals surface area contributed by atoms with Gasteiger partial charge in [-0.1, -0.05) is 53.4 Å². The first kappa shape index (κ1) is 24.8. The van der Waals surface area contributed by atoms with Crippen molar-refractivity contribution in [2.24, 2.45) is 0 Å². The van der Waals surface area contributed by atoms with Crippen LogP contribution in [-0.4, -0.2) is 48.6 Å². The molecule has 0 aliphatic carbocycles. The third kappa shape index (κ3) is 12.8. The van der Waals surface area contributed by atoms with Crippen molar-refractivity contribution in [3.63, 3.8) is 0 Å². The number of nitrogens with zero attached hydrogens (tertiary/aromatic N) is 2. The Kier molecular flexibility index (Phi) is 14.9. The third-order valence-corrected chi connectivity index (χ3v) is 5.31. The highest BCUT2D eigenvalue weighted by Crippen LogP contribution is 2.16. The van der Waals surface area contributed by atoms with Crippen molar-refractivity contribution in [1.82, 2.24) is 0 Å². The lowest BCUT2D eigenvalue weighted by molar-refractivity contribution is -0.883. The summed E-state index contributed by atoms with van der Waals surface area (Å²) in [5.41, 5.74) is 0. The lowest BCUT2D eigenvalue weighted by Gasteiger charge is -2.44. The Morgan fingerprint density at radius 1 is 0.400 bits per heavy atom. The van der Waals surface area contributed by atoms with E-state index in [0.717, 1.165) is 110 Å². The second-order valence-electron chi connectivity index (χ2n) is 7.93. The van der Waals surface area contributed by atoms with Crippen LogP contribution in [0.25, 0.3) is 0 Å². The Morgan fingerprint density at radius 3 is 0.880 bits per heavy atom. The van der Waals surface area contributed by atoms with Gasteiger partial charge in [-0.15, -0.1) is 0 Å². The Bertz CT molecular complexity index is 254. The van der Waals surface area contributed by atoms with Crippen molar-refractivity contribution in [3.05, 3.63) is 10.4 Å². The normalized spacial score (nSPS) is 12.7. The maximum absolute atomic E-state index is 12.9. The van der Waals surface area contributed by atoms with Gasteiger partial charge in [0.15, 0.2) is 0 Å². The molecule has 0 amide bonds. The first-order chi connectivity index (χ1) is 11.9. The molecule has 0 spiro atoms. The summed E-state index contributed by atoms with van der Waals surface area (Å²) in [6, 6.07) is 0. The van der Waals surface area contributed by atoms with Crippen LogP contribution in [0, 0.1) is 10.4 Å². The minimum Gasteiger partial charge on any atom is -0.633 e. The number of unbranched alkanes of at least 4 members (excludes halogenated alkanes) is 6. The van der Waals surface area contributed by atoms with Gasteiger partial charge in [0.05, 0.1) is 39.3 Å². The van der Waals surface area contributed by atoms with Gasteiger partial charge in [-0.25, -0.2) is 0 Å². The molecule has 0 fully saturated rings. The second kappa shape index (κ2) is 15.0. The van der Waals surface area contributed by atoms with E-state index in [0.29, 0.717) is 0 Å². The number of rotatable bonds is 18. The van der Waals surface area contributed by atoms with Crippen molar-refractivity contribution in [2.75, 3.05) is 39.3 Å². The van der Waals surface area contributed by atoms with Crippen molar-refractivity contribution < 1.29 is 9.29 Å². The van der Waals surface area contributed by atoms with Crippen molar-refractivity contribution in [3.8, 4) is 0 Å². The molecular formula is C21H46N2O2. The summed E-state index contributed by atoms with van der Waals surface area (Å²) in [5.74, 6) is 0. The first-order valence-corrected chi connectivity index (χ1v) is 11.1. The topological polar surface area (TPSA) is 46.1 Å². The molecule has 0 unspecified atom stereocenters. The van der Waals surface area contributed by atoms with Crippen molar-refractivity contribution in [1.29, 1.82) is 0 Å². The zero-order chi connectivity index (χ0) is 19.0. The predicted molar refractivity (Wildman–Crippen MR) is 110 cm³/mol. The summed E-state index contributed by atoms with van der Waals surface area (Å²) >= 11 is 0. The van der Waals surface area contributed by atoms with Crippen LogP contribution in [0.5, 0.6) is 0 Å². The van der Waals surface area contributed by atoms with Crippen molar-refractivity contribution >= 4 is 0 Å². The third-order valence-electron chi connectivity index (χ3n) is 5.31. The number of hydrogen-bond donors (Lipinski definition) is 0. The van der Waals surface area contributed by atoms with E-state index in [1.165, 1.54) is 0 Å². The van der Waals surface area contributed by atoms with Crippen LogP contribution in [-0.2, 0) is 0 Å². The van der Waals surface area contributed by atoms with Gasteiger partial charge < -0.3 is 19.7 Å². The molecule has 0 atom stereocenters. The lowest BCUT2D eigenvalue weighted by Crippen LogP contribution is -2.45. The van der Waals surface area contributed by atoms with Crippen LogP contribution in [0.2, 0.25) is 0 Å². The highest BCUT2D eigenvalue weighted by Gasteiger charge is 2.17. The summed E-state index contributed by atoms with van der Waals surface area (Å²) in [4.78, 5) is 0. The molecule has 0 aromatic rings. The Balaban J connectivity index is 4.22. The quantitative estimate of drug-likeness (QED) is 0.172. The first-order valence-electron chi connectivity index (χ1n) is 11.1. The standard InChI is InChI=1S/C21H46N2O2/c1-5-9-16-22(24,17-10-6-2)20-14-13-15-21-23(25,18-11-7-3)19-12-8-4/h5-21H2,1-4H3. The number of hydrogen-bond acceptors (Lipinski definition) is 2. The molecule has 152 valence electrons. The lowest BCUT2D eigenvalue weighted by atomic mass is 10.1. The average Bonchev–Trinajstić information content (AvgIpc) is 2.61. The summed E-state index contributed by atoms with van der Waals surface area (Å²) in [6.07, 6.45) is 11.5. The fraction of sp³-hybridized carbons (Fsp3) is 1.00. The fourth-order valence-electron chi connectivity index (χ4n) is 3.43. The highest BCUT2D eigenvalue weighted by molar-refractivity contribution is 4.52. The maximum Gasteiger partial charge on any atom is 0.0783 e. The largest absolute Gasteiger partial charge is 0.633 e. The Labute approximate surface area is 157 Å². The molecule has 4 nitrogen and oxygen atoms in total. The van der Waals surface area contributed by atoms with E-state index in [1.807, 2.05) is 0 Å². The van der Waals surface area contributed by atoms with Gasteiger partial charge in [0.1, 0.15) is 0 Å². The van der Waals surface area contributed by atoms with Gasteiger partial charge in [0, 0.05) is 0 Å². The monoisotopic (exact) mass is 358 g/mol. The van der Waals surface area contributed by atoms with Gasteiger partial charge in [-0.05, 0) is 44.9 Å². The molecule has 4 heteroatoms. The Hall–Kier alpha value is -0.160. The van der Waals surface area contributed by atoms with E-state index in [4.69, 9.17) is 0 Å². The molecule has 0 saturated carbocycles. The SMILES string of the molecule is CCCC[N+]([O-])(CCCC)CCCCC[N+]([O-])(CCCC)CCCC. The van der Waals surface area contributed by atoms with E-state index >= 15 is 0 Å². The van der Waals surface area contributed by atoms with Crippen LogP contribution in [0.3, 0.4) is 0 Å². The molecule has 0 radical (unpaired) electrons. The van der Waals surface area contributed by atoms with Gasteiger partial charge in [0.25, 0.3) is 0 Å². The summed E-state index contributed by atoms with van der Waals surface area (Å²) < 4.78 is -0.0184. The van der Waals surface area contributed by atoms with Gasteiger partial charge >= 0.3 is 0 Å². The minimum atomic E-state index is -0.00920. The number of hydroxylamine groups is 6. The second-order valence-corrected chi connectivity index (χ2v) is 7.93. The molecule has 0 N–H and O–H groups in total. The number of quaternary nitrogens is 2. The van der Waals surface area contributed by atoms with E-state index in [9.17, 15) is 10.4 Å². The van der Waals surface area contributed by atoms with Crippen molar-refractivity contribution in [2.45, 2.75) is 98.3 Å². The molecule has 0 aromatic carbocycles. The Morgan fingerprint density at radius 2 is 0.640 bits per heavy atom. The average molecular weight is 359 g/mol. The van der Waals surface area contributed by atoms with E-state index in [1.54, 1.807) is 0 Å². The molecule has 25 heavy (non-hydrogen) atoms. The molecule has 0 saturated heterocycles. The summed E-state index contributed by atoms with van der Waals surface area (Å²) in [7, 11) is 0. The fourth-order valence-corrected chi connectivity index (χ4v) is 3.43. The van der Waals surface area contributed by atoms with Crippen LogP contribution in [0.15, 0.2) is 0 Å². The van der Waals surface area contributed by atoms with Crippen LogP contribution >= 0.6 is 0 Å². The highest BCUT2D eigenvalue weighted by atomic mass is 16.5. The molecule has 0 bridgehead atoms. The van der Waals surface area contributed by atoms with Crippen LogP contribution < -0.4 is 0 Å². The van der Waals surface area contributed by atoms with Gasteiger partial charge in [-0.2, -0.15) is 0 Å². The molecule has 0 rings (SSSR count). The van der Waals surface area contributed by atoms with E-state index in [-0.39, 0.29) is 9.29 Å². The van der Waals surface area contributed by atoms with Gasteiger partial charge in [-0.3, -0.25) is 0 Å². The van der Waals surface area contributed by atoms with Gasteiger partial charge in [0.2, 0.25) is 0 Å². The molecule has 0 heterocycles. The molecule has 0 aliphatic rings. The maximum atomic E-state index is 12.9. The van der Waals surface area contributed by atoms with Crippen LogP contribution in [0.4, 0.5) is 0 Å². The molecule has 0 aromatic heterocycles. The summed E-state index contributed by atoms with van der Waals surface area (Å²) in [6.45, 7) is 13.2. The summed E-state index contributed by atoms with van der Waals surface area (Å²) in [5, 5.41) is 25.9. The van der Waals surface area contributed by atoms with E-state index < -0.39 is 0 Å². The van der Waals surface area contributed by atoms with E-state index in [2.05, 4.69) is 27.7 Å². The smallest absolute Gasteiger partial charge is 0.0783 e. The predicted octanol–water partition coefficient (Wildman–Crippen LogP) is 5.99. The minimum absolute atomic E-state index is 0.00920. The molecular weight excluding hydrogens is 312 g/mol. The molecule has 0 aliphatic heterocycles. The zero-order valence-electron chi connectivity index (χ0n) is 17.7. The zero-order valence-corrected chi connectivity index (χ0v) is 17.7. The van der Waals surface area contributed by atoms with Crippen LogP contribution in [0.1, 0.15) is 98.3 Å².